The molecule has 0 radical (unpaired) electrons. The lowest BCUT2D eigenvalue weighted by Gasteiger charge is -2.12. The van der Waals surface area contributed by atoms with Crippen molar-refractivity contribution in [3.63, 3.8) is 0 Å². The molecule has 3 rings (SSSR count). The number of hydrogen-bond donors (Lipinski definition) is 2. The first-order chi connectivity index (χ1) is 11.5. The lowest BCUT2D eigenvalue weighted by atomic mass is 10.2. The second-order valence-corrected chi connectivity index (χ2v) is 8.16. The highest BCUT2D eigenvalue weighted by atomic mass is 32.2. The van der Waals surface area contributed by atoms with Crippen molar-refractivity contribution < 1.29 is 17.9 Å². The minimum atomic E-state index is -3.58. The average Bonchev–Trinajstić information content (AvgIpc) is 3.27. The molecule has 2 heterocycles. The van der Waals surface area contributed by atoms with E-state index < -0.39 is 10.0 Å². The van der Waals surface area contributed by atoms with E-state index >= 15 is 0 Å². The van der Waals surface area contributed by atoms with Gasteiger partial charge in [-0.15, -0.1) is 11.3 Å². The molecule has 2 N–H and O–H groups in total. The Morgan fingerprint density at radius 3 is 2.67 bits per heavy atom. The number of thiophene rings is 1. The van der Waals surface area contributed by atoms with E-state index in [4.69, 9.17) is 4.74 Å². The number of carbonyl (C=O) groups excluding carboxylic acids is 1. The monoisotopic (exact) mass is 366 g/mol. The standard InChI is InChI=1S/C16H18N2O4S2/c19-16(15-4-2-10-23-15)18-12-5-7-14(8-6-12)24(20,21)17-11-13-3-1-9-22-13/h2,4-8,10,13,17H,1,3,9,11H2,(H,18,19). The molecule has 1 aliphatic heterocycles. The van der Waals surface area contributed by atoms with Gasteiger partial charge in [-0.2, -0.15) is 0 Å². The highest BCUT2D eigenvalue weighted by Crippen LogP contribution is 2.17. The normalized spacial score (nSPS) is 17.8. The molecule has 0 saturated carbocycles. The first kappa shape index (κ1) is 17.1. The van der Waals surface area contributed by atoms with Crippen LogP contribution in [0.5, 0.6) is 0 Å². The molecule has 2 aromatic rings. The summed E-state index contributed by atoms with van der Waals surface area (Å²) in [7, 11) is -3.58. The number of amides is 1. The van der Waals surface area contributed by atoms with E-state index in [1.54, 1.807) is 24.3 Å². The zero-order valence-electron chi connectivity index (χ0n) is 12.9. The van der Waals surface area contributed by atoms with E-state index in [-0.39, 0.29) is 23.5 Å². The highest BCUT2D eigenvalue weighted by molar-refractivity contribution is 7.89. The Balaban J connectivity index is 1.61. The van der Waals surface area contributed by atoms with E-state index in [0.717, 1.165) is 12.8 Å². The van der Waals surface area contributed by atoms with E-state index in [1.165, 1.54) is 23.5 Å². The molecule has 1 unspecified atom stereocenters. The quantitative estimate of drug-likeness (QED) is 0.822. The number of rotatable bonds is 6. The Kier molecular flexibility index (Phi) is 5.30. The number of benzene rings is 1. The molecule has 0 aliphatic carbocycles. The number of ether oxygens (including phenoxy) is 1. The van der Waals surface area contributed by atoms with Gasteiger partial charge < -0.3 is 10.1 Å². The van der Waals surface area contributed by atoms with Crippen LogP contribution in [0.15, 0.2) is 46.7 Å². The number of hydrogen-bond acceptors (Lipinski definition) is 5. The maximum atomic E-state index is 12.3. The molecule has 0 bridgehead atoms. The fourth-order valence-corrected chi connectivity index (χ4v) is 4.09. The van der Waals surface area contributed by atoms with Crippen LogP contribution in [0.4, 0.5) is 5.69 Å². The zero-order chi connectivity index (χ0) is 17.0. The van der Waals surface area contributed by atoms with E-state index in [1.807, 2.05) is 5.38 Å². The van der Waals surface area contributed by atoms with E-state index in [9.17, 15) is 13.2 Å². The van der Waals surface area contributed by atoms with Gasteiger partial charge in [-0.1, -0.05) is 6.07 Å². The highest BCUT2D eigenvalue weighted by Gasteiger charge is 2.20. The van der Waals surface area contributed by atoms with Gasteiger partial charge in [-0.25, -0.2) is 13.1 Å². The molecule has 1 aliphatic rings. The van der Waals surface area contributed by atoms with Gasteiger partial charge in [-0.3, -0.25) is 4.79 Å². The Hall–Kier alpha value is -1.74. The van der Waals surface area contributed by atoms with Crippen LogP contribution in [0.2, 0.25) is 0 Å². The van der Waals surface area contributed by atoms with Crippen LogP contribution in [0.1, 0.15) is 22.5 Å². The van der Waals surface area contributed by atoms with Crippen LogP contribution >= 0.6 is 11.3 Å². The van der Waals surface area contributed by atoms with Gasteiger partial charge in [0, 0.05) is 18.8 Å². The van der Waals surface area contributed by atoms with Crippen molar-refractivity contribution in [1.29, 1.82) is 0 Å². The SMILES string of the molecule is O=C(Nc1ccc(S(=O)(=O)NCC2CCCO2)cc1)c1cccs1. The van der Waals surface area contributed by atoms with Gasteiger partial charge in [0.15, 0.2) is 0 Å². The average molecular weight is 366 g/mol. The first-order valence-corrected chi connectivity index (χ1v) is 9.97. The van der Waals surface area contributed by atoms with Crippen LogP contribution in [0.25, 0.3) is 0 Å². The fourth-order valence-electron chi connectivity index (χ4n) is 2.41. The van der Waals surface area contributed by atoms with Crippen LogP contribution in [-0.4, -0.2) is 33.6 Å². The van der Waals surface area contributed by atoms with E-state index in [0.29, 0.717) is 17.2 Å². The van der Waals surface area contributed by atoms with Gasteiger partial charge in [0.2, 0.25) is 10.0 Å². The third-order valence-electron chi connectivity index (χ3n) is 3.69. The number of anilines is 1. The summed E-state index contributed by atoms with van der Waals surface area (Å²) in [5.74, 6) is -0.211. The number of nitrogens with one attached hydrogen (secondary N) is 2. The summed E-state index contributed by atoms with van der Waals surface area (Å²) in [6, 6.07) is 9.63. The van der Waals surface area contributed by atoms with Gasteiger partial charge in [0.05, 0.1) is 15.9 Å². The predicted molar refractivity (Wildman–Crippen MR) is 92.9 cm³/mol. The van der Waals surface area contributed by atoms with Crippen molar-refractivity contribution in [1.82, 2.24) is 4.72 Å². The van der Waals surface area contributed by atoms with Gasteiger partial charge in [0.25, 0.3) is 5.91 Å². The molecule has 1 aromatic carbocycles. The summed E-state index contributed by atoms with van der Waals surface area (Å²) in [4.78, 5) is 12.7. The van der Waals surface area contributed by atoms with Crippen LogP contribution < -0.4 is 10.0 Å². The molecule has 6 nitrogen and oxygen atoms in total. The maximum absolute atomic E-state index is 12.3. The van der Waals surface area contributed by atoms with E-state index in [2.05, 4.69) is 10.0 Å². The van der Waals surface area contributed by atoms with Gasteiger partial charge >= 0.3 is 0 Å². The first-order valence-electron chi connectivity index (χ1n) is 7.61. The molecule has 8 heteroatoms. The second-order valence-electron chi connectivity index (χ2n) is 5.44. The van der Waals surface area contributed by atoms with Crippen molar-refractivity contribution in [2.45, 2.75) is 23.8 Å². The minimum Gasteiger partial charge on any atom is -0.377 e. The third kappa shape index (κ3) is 4.21. The summed E-state index contributed by atoms with van der Waals surface area (Å²) in [6.07, 6.45) is 1.78. The molecule has 1 aromatic heterocycles. The molecule has 1 fully saturated rings. The predicted octanol–water partition coefficient (Wildman–Crippen LogP) is 2.46. The molecule has 1 amide bonds. The fraction of sp³-hybridized carbons (Fsp3) is 0.312. The van der Waals surface area contributed by atoms with Gasteiger partial charge in [-0.05, 0) is 48.6 Å². The minimum absolute atomic E-state index is 0.0517. The topological polar surface area (TPSA) is 84.5 Å². The molecule has 128 valence electrons. The summed E-state index contributed by atoms with van der Waals surface area (Å²) in [6.45, 7) is 0.963. The van der Waals surface area contributed by atoms with Crippen LogP contribution in [-0.2, 0) is 14.8 Å². The van der Waals surface area contributed by atoms with Crippen molar-refractivity contribution in [3.05, 3.63) is 46.7 Å². The Labute approximate surface area is 144 Å². The van der Waals surface area contributed by atoms with Crippen LogP contribution in [0.3, 0.4) is 0 Å². The van der Waals surface area contributed by atoms with Crippen molar-refractivity contribution in [3.8, 4) is 0 Å². The Bertz CT molecular complexity index is 780. The summed E-state index contributed by atoms with van der Waals surface area (Å²) in [5, 5.41) is 4.56. The number of sulfonamides is 1. The third-order valence-corrected chi connectivity index (χ3v) is 6.00. The Morgan fingerprint density at radius 2 is 2.04 bits per heavy atom. The van der Waals surface area contributed by atoms with Crippen molar-refractivity contribution in [2.24, 2.45) is 0 Å². The van der Waals surface area contributed by atoms with Crippen LogP contribution in [0, 0.1) is 0 Å². The summed E-state index contributed by atoms with van der Waals surface area (Å²) in [5.41, 5.74) is 0.548. The zero-order valence-corrected chi connectivity index (χ0v) is 14.5. The lowest BCUT2D eigenvalue weighted by Crippen LogP contribution is -2.31. The maximum Gasteiger partial charge on any atom is 0.265 e. The summed E-state index contributed by atoms with van der Waals surface area (Å²) >= 11 is 1.35. The molecule has 1 atom stereocenters. The summed E-state index contributed by atoms with van der Waals surface area (Å²) < 4.78 is 32.5. The van der Waals surface area contributed by atoms with Crippen molar-refractivity contribution in [2.75, 3.05) is 18.5 Å². The largest absolute Gasteiger partial charge is 0.377 e. The smallest absolute Gasteiger partial charge is 0.265 e. The van der Waals surface area contributed by atoms with Crippen molar-refractivity contribution >= 4 is 33.0 Å². The second kappa shape index (κ2) is 7.43. The molecular formula is C16H18N2O4S2. The number of carbonyl (C=O) groups is 1. The Morgan fingerprint density at radius 1 is 1.25 bits per heavy atom. The molecule has 0 spiro atoms. The van der Waals surface area contributed by atoms with Gasteiger partial charge in [0.1, 0.15) is 0 Å². The molecule has 24 heavy (non-hydrogen) atoms. The molecule has 1 saturated heterocycles. The lowest BCUT2D eigenvalue weighted by molar-refractivity contribution is 0.103. The molecular weight excluding hydrogens is 348 g/mol.